The van der Waals surface area contributed by atoms with E-state index in [9.17, 15) is 0 Å². The Labute approximate surface area is 136 Å². The lowest BCUT2D eigenvalue weighted by Gasteiger charge is -2.21. The van der Waals surface area contributed by atoms with E-state index in [1.165, 1.54) is 22.3 Å². The van der Waals surface area contributed by atoms with Crippen LogP contribution in [0.5, 0.6) is 0 Å². The van der Waals surface area contributed by atoms with Crippen LogP contribution < -0.4 is 5.32 Å². The van der Waals surface area contributed by atoms with E-state index in [1.807, 2.05) is 0 Å². The lowest BCUT2D eigenvalue weighted by atomic mass is 9.95. The lowest BCUT2D eigenvalue weighted by molar-refractivity contribution is 0.528. The molecule has 0 fully saturated rings. The Morgan fingerprint density at radius 1 is 1.10 bits per heavy atom. The van der Waals surface area contributed by atoms with Gasteiger partial charge in [0, 0.05) is 10.5 Å². The Morgan fingerprint density at radius 2 is 1.90 bits per heavy atom. The van der Waals surface area contributed by atoms with Gasteiger partial charge >= 0.3 is 0 Å². The van der Waals surface area contributed by atoms with Crippen molar-refractivity contribution < 1.29 is 0 Å². The van der Waals surface area contributed by atoms with Crippen molar-refractivity contribution >= 4 is 15.9 Å². The summed E-state index contributed by atoms with van der Waals surface area (Å²) >= 11 is 3.58. The molecule has 0 amide bonds. The Kier molecular flexibility index (Phi) is 6.01. The molecule has 112 valence electrons. The van der Waals surface area contributed by atoms with E-state index in [4.69, 9.17) is 0 Å². The van der Waals surface area contributed by atoms with E-state index in [2.05, 4.69) is 84.5 Å². The zero-order chi connectivity index (χ0) is 15.2. The average molecular weight is 346 g/mol. The van der Waals surface area contributed by atoms with Crippen LogP contribution in [-0.4, -0.2) is 6.54 Å². The highest BCUT2D eigenvalue weighted by molar-refractivity contribution is 9.10. The number of nitrogens with one attached hydrogen (secondary N) is 1. The Morgan fingerprint density at radius 3 is 2.62 bits per heavy atom. The van der Waals surface area contributed by atoms with E-state index in [-0.39, 0.29) is 0 Å². The number of hydrogen-bond acceptors (Lipinski definition) is 1. The first-order chi connectivity index (χ1) is 10.1. The largest absolute Gasteiger partial charge is 0.310 e. The Hall–Kier alpha value is -1.12. The maximum Gasteiger partial charge on any atom is 0.0361 e. The molecule has 0 aliphatic carbocycles. The molecule has 2 aromatic carbocycles. The standard InChI is InChI=1S/C19H24BrN/c1-4-10-21-19(16-6-5-7-18(20)12-16)13-17-11-14(2)8-9-15(17)3/h5-9,11-12,19,21H,4,10,13H2,1-3H3. The van der Waals surface area contributed by atoms with Crippen LogP contribution in [-0.2, 0) is 6.42 Å². The molecule has 1 nitrogen and oxygen atoms in total. The fourth-order valence-corrected chi connectivity index (χ4v) is 3.01. The van der Waals surface area contributed by atoms with Gasteiger partial charge in [-0.1, -0.05) is 58.7 Å². The van der Waals surface area contributed by atoms with Gasteiger partial charge in [-0.2, -0.15) is 0 Å². The summed E-state index contributed by atoms with van der Waals surface area (Å²) in [5, 5.41) is 3.69. The molecule has 21 heavy (non-hydrogen) atoms. The van der Waals surface area contributed by atoms with E-state index in [0.717, 1.165) is 23.9 Å². The molecular weight excluding hydrogens is 322 g/mol. The van der Waals surface area contributed by atoms with Crippen molar-refractivity contribution in [1.82, 2.24) is 5.32 Å². The molecule has 0 aliphatic heterocycles. The molecule has 0 heterocycles. The Balaban J connectivity index is 2.25. The summed E-state index contributed by atoms with van der Waals surface area (Å²) in [5.74, 6) is 0. The number of rotatable bonds is 6. The van der Waals surface area contributed by atoms with Crippen molar-refractivity contribution in [3.8, 4) is 0 Å². The molecule has 1 atom stereocenters. The smallest absolute Gasteiger partial charge is 0.0361 e. The molecule has 0 saturated carbocycles. The lowest BCUT2D eigenvalue weighted by Crippen LogP contribution is -2.24. The fourth-order valence-electron chi connectivity index (χ4n) is 2.59. The van der Waals surface area contributed by atoms with Crippen LogP contribution in [0.4, 0.5) is 0 Å². The van der Waals surface area contributed by atoms with Crippen LogP contribution in [0.1, 0.15) is 41.6 Å². The first kappa shape index (κ1) is 16.3. The van der Waals surface area contributed by atoms with Crippen molar-refractivity contribution in [2.24, 2.45) is 0 Å². The second kappa shape index (κ2) is 7.77. The molecule has 0 aromatic heterocycles. The van der Waals surface area contributed by atoms with Crippen LogP contribution in [0.3, 0.4) is 0 Å². The number of aryl methyl sites for hydroxylation is 2. The zero-order valence-electron chi connectivity index (χ0n) is 13.1. The topological polar surface area (TPSA) is 12.0 Å². The summed E-state index contributed by atoms with van der Waals surface area (Å²) < 4.78 is 1.14. The Bertz CT molecular complexity index is 592. The van der Waals surface area contributed by atoms with Gasteiger partial charge in [0.1, 0.15) is 0 Å². The zero-order valence-corrected chi connectivity index (χ0v) is 14.7. The fraction of sp³-hybridized carbons (Fsp3) is 0.368. The van der Waals surface area contributed by atoms with Crippen molar-refractivity contribution in [3.05, 3.63) is 69.2 Å². The summed E-state index contributed by atoms with van der Waals surface area (Å²) in [5.41, 5.74) is 5.49. The van der Waals surface area contributed by atoms with Gasteiger partial charge in [0.25, 0.3) is 0 Å². The van der Waals surface area contributed by atoms with Gasteiger partial charge < -0.3 is 5.32 Å². The van der Waals surface area contributed by atoms with Crippen LogP contribution in [0.2, 0.25) is 0 Å². The molecule has 1 N–H and O–H groups in total. The molecular formula is C19H24BrN. The first-order valence-electron chi connectivity index (χ1n) is 7.65. The monoisotopic (exact) mass is 345 g/mol. The summed E-state index contributed by atoms with van der Waals surface area (Å²) in [6.45, 7) is 7.62. The number of hydrogen-bond donors (Lipinski definition) is 1. The average Bonchev–Trinajstić information content (AvgIpc) is 2.47. The molecule has 2 heteroatoms. The van der Waals surface area contributed by atoms with Crippen LogP contribution >= 0.6 is 15.9 Å². The molecule has 0 saturated heterocycles. The molecule has 0 aliphatic rings. The highest BCUT2D eigenvalue weighted by atomic mass is 79.9. The maximum atomic E-state index is 3.69. The molecule has 2 rings (SSSR count). The predicted octanol–water partition coefficient (Wildman–Crippen LogP) is 5.35. The summed E-state index contributed by atoms with van der Waals surface area (Å²) in [6, 6.07) is 15.7. The van der Waals surface area contributed by atoms with Gasteiger partial charge in [-0.3, -0.25) is 0 Å². The van der Waals surface area contributed by atoms with Crippen LogP contribution in [0.25, 0.3) is 0 Å². The second-order valence-electron chi connectivity index (χ2n) is 5.70. The predicted molar refractivity (Wildman–Crippen MR) is 94.8 cm³/mol. The third kappa shape index (κ3) is 4.69. The van der Waals surface area contributed by atoms with Crippen molar-refractivity contribution in [2.75, 3.05) is 6.54 Å². The van der Waals surface area contributed by atoms with Crippen molar-refractivity contribution in [3.63, 3.8) is 0 Å². The van der Waals surface area contributed by atoms with Gasteiger partial charge in [-0.15, -0.1) is 0 Å². The van der Waals surface area contributed by atoms with Crippen LogP contribution in [0, 0.1) is 13.8 Å². The second-order valence-corrected chi connectivity index (χ2v) is 6.61. The third-order valence-corrected chi connectivity index (χ3v) is 4.31. The molecule has 0 spiro atoms. The van der Waals surface area contributed by atoms with E-state index >= 15 is 0 Å². The van der Waals surface area contributed by atoms with Gasteiger partial charge in [0.15, 0.2) is 0 Å². The highest BCUT2D eigenvalue weighted by Crippen LogP contribution is 2.24. The molecule has 0 radical (unpaired) electrons. The van der Waals surface area contributed by atoms with Crippen molar-refractivity contribution in [2.45, 2.75) is 39.7 Å². The van der Waals surface area contributed by atoms with Crippen molar-refractivity contribution in [1.29, 1.82) is 0 Å². The maximum absolute atomic E-state index is 3.69. The SMILES string of the molecule is CCCNC(Cc1cc(C)ccc1C)c1cccc(Br)c1. The minimum absolute atomic E-state index is 0.364. The molecule has 0 bridgehead atoms. The van der Waals surface area contributed by atoms with E-state index in [0.29, 0.717) is 6.04 Å². The van der Waals surface area contributed by atoms with Gasteiger partial charge in [0.05, 0.1) is 0 Å². The molecule has 2 aromatic rings. The number of benzene rings is 2. The van der Waals surface area contributed by atoms with Gasteiger partial charge in [0.2, 0.25) is 0 Å². The van der Waals surface area contributed by atoms with Gasteiger partial charge in [-0.25, -0.2) is 0 Å². The summed E-state index contributed by atoms with van der Waals surface area (Å²) in [6.07, 6.45) is 2.18. The minimum atomic E-state index is 0.364. The third-order valence-electron chi connectivity index (χ3n) is 3.82. The normalized spacial score (nSPS) is 12.4. The molecule has 1 unspecified atom stereocenters. The van der Waals surface area contributed by atoms with Crippen LogP contribution in [0.15, 0.2) is 46.9 Å². The first-order valence-corrected chi connectivity index (χ1v) is 8.44. The van der Waals surface area contributed by atoms with Gasteiger partial charge in [-0.05, 0) is 62.1 Å². The highest BCUT2D eigenvalue weighted by Gasteiger charge is 2.13. The summed E-state index contributed by atoms with van der Waals surface area (Å²) in [7, 11) is 0. The van der Waals surface area contributed by atoms with E-state index in [1.54, 1.807) is 0 Å². The minimum Gasteiger partial charge on any atom is -0.310 e. The van der Waals surface area contributed by atoms with E-state index < -0.39 is 0 Å². The summed E-state index contributed by atoms with van der Waals surface area (Å²) in [4.78, 5) is 0. The number of halogens is 1. The quantitative estimate of drug-likeness (QED) is 0.743.